The van der Waals surface area contributed by atoms with Crippen molar-refractivity contribution in [3.8, 4) is 0 Å². The molecule has 0 radical (unpaired) electrons. The van der Waals surface area contributed by atoms with Gasteiger partial charge in [-0.15, -0.1) is 0 Å². The van der Waals surface area contributed by atoms with Crippen LogP contribution in [0.5, 0.6) is 0 Å². The maximum Gasteiger partial charge on any atom is 0.134 e. The van der Waals surface area contributed by atoms with E-state index in [1.54, 1.807) is 0 Å². The number of hydrogen-bond donors (Lipinski definition) is 2. The van der Waals surface area contributed by atoms with Gasteiger partial charge in [-0.2, -0.15) is 5.10 Å². The summed E-state index contributed by atoms with van der Waals surface area (Å²) in [5.41, 5.74) is 7.56. The van der Waals surface area contributed by atoms with Crippen molar-refractivity contribution in [2.45, 2.75) is 39.2 Å². The summed E-state index contributed by atoms with van der Waals surface area (Å²) in [5.74, 6) is 0.929. The van der Waals surface area contributed by atoms with Gasteiger partial charge in [-0.3, -0.25) is 9.58 Å². The number of hydrogen-bond acceptors (Lipinski definition) is 4. The van der Waals surface area contributed by atoms with Gasteiger partial charge in [-0.05, 0) is 39.8 Å². The lowest BCUT2D eigenvalue weighted by molar-refractivity contribution is 0.180. The SMILES string of the molecule is Cc1nn(C)c(NCC(C)N2CCCCC2)c1C(N)=S. The molecule has 2 rings (SSSR count). The second kappa shape index (κ2) is 6.54. The molecule has 1 atom stereocenters. The maximum atomic E-state index is 5.81. The minimum absolute atomic E-state index is 0.406. The Morgan fingerprint density at radius 1 is 1.40 bits per heavy atom. The number of anilines is 1. The number of nitrogens with two attached hydrogens (primary N) is 1. The van der Waals surface area contributed by atoms with E-state index in [0.717, 1.165) is 23.6 Å². The zero-order valence-electron chi connectivity index (χ0n) is 12.6. The summed E-state index contributed by atoms with van der Waals surface area (Å²) in [6, 6.07) is 0.504. The Hall–Kier alpha value is -1.14. The lowest BCUT2D eigenvalue weighted by atomic mass is 10.1. The summed E-state index contributed by atoms with van der Waals surface area (Å²) in [5, 5.41) is 7.87. The molecule has 0 aromatic carbocycles. The third kappa shape index (κ3) is 3.30. The number of aryl methyl sites for hydroxylation is 2. The Morgan fingerprint density at radius 2 is 2.05 bits per heavy atom. The van der Waals surface area contributed by atoms with Crippen molar-refractivity contribution in [3.63, 3.8) is 0 Å². The predicted octanol–water partition coefficient (Wildman–Crippen LogP) is 1.65. The molecular formula is C14H25N5S. The van der Waals surface area contributed by atoms with E-state index in [9.17, 15) is 0 Å². The molecule has 0 spiro atoms. The molecule has 1 unspecified atom stereocenters. The number of aromatic nitrogens is 2. The molecule has 112 valence electrons. The average molecular weight is 295 g/mol. The van der Waals surface area contributed by atoms with Gasteiger partial charge < -0.3 is 11.1 Å². The van der Waals surface area contributed by atoms with E-state index in [1.807, 2.05) is 18.7 Å². The predicted molar refractivity (Wildman–Crippen MR) is 87.2 cm³/mol. The van der Waals surface area contributed by atoms with Gasteiger partial charge in [-0.1, -0.05) is 18.6 Å². The van der Waals surface area contributed by atoms with Gasteiger partial charge >= 0.3 is 0 Å². The smallest absolute Gasteiger partial charge is 0.134 e. The zero-order chi connectivity index (χ0) is 14.7. The fraction of sp³-hybridized carbons (Fsp3) is 0.714. The van der Waals surface area contributed by atoms with E-state index in [2.05, 4.69) is 22.2 Å². The molecule has 3 N–H and O–H groups in total. The third-order valence-electron chi connectivity index (χ3n) is 4.05. The highest BCUT2D eigenvalue weighted by Crippen LogP contribution is 2.19. The molecule has 20 heavy (non-hydrogen) atoms. The van der Waals surface area contributed by atoms with Gasteiger partial charge in [0.25, 0.3) is 0 Å². The molecule has 1 fully saturated rings. The first kappa shape index (κ1) is 15.3. The van der Waals surface area contributed by atoms with Gasteiger partial charge in [0.15, 0.2) is 0 Å². The van der Waals surface area contributed by atoms with Crippen LogP contribution >= 0.6 is 12.2 Å². The highest BCUT2D eigenvalue weighted by Gasteiger charge is 2.19. The van der Waals surface area contributed by atoms with Crippen LogP contribution < -0.4 is 11.1 Å². The maximum absolute atomic E-state index is 5.81. The number of piperidine rings is 1. The summed E-state index contributed by atoms with van der Waals surface area (Å²) in [6.07, 6.45) is 3.99. The fourth-order valence-electron chi connectivity index (χ4n) is 2.89. The quantitative estimate of drug-likeness (QED) is 0.809. The van der Waals surface area contributed by atoms with Crippen LogP contribution in [0.3, 0.4) is 0 Å². The van der Waals surface area contributed by atoms with Gasteiger partial charge in [0.05, 0.1) is 11.3 Å². The lowest BCUT2D eigenvalue weighted by Crippen LogP contribution is -2.41. The van der Waals surface area contributed by atoms with Gasteiger partial charge in [-0.25, -0.2) is 0 Å². The second-order valence-corrected chi connectivity index (χ2v) is 6.06. The van der Waals surface area contributed by atoms with E-state index < -0.39 is 0 Å². The molecule has 0 saturated carbocycles. The van der Waals surface area contributed by atoms with Crippen LogP contribution in [0.1, 0.15) is 37.4 Å². The van der Waals surface area contributed by atoms with Crippen molar-refractivity contribution in [3.05, 3.63) is 11.3 Å². The normalized spacial score (nSPS) is 17.9. The van der Waals surface area contributed by atoms with Crippen molar-refractivity contribution in [2.75, 3.05) is 25.0 Å². The average Bonchev–Trinajstić information content (AvgIpc) is 2.71. The molecule has 2 heterocycles. The Bertz CT molecular complexity index is 476. The van der Waals surface area contributed by atoms with Crippen molar-refractivity contribution < 1.29 is 0 Å². The number of thiocarbonyl (C=S) groups is 1. The van der Waals surface area contributed by atoms with Gasteiger partial charge in [0, 0.05) is 19.6 Å². The van der Waals surface area contributed by atoms with Gasteiger partial charge in [0.2, 0.25) is 0 Å². The first-order chi connectivity index (χ1) is 9.50. The molecule has 0 bridgehead atoms. The van der Waals surface area contributed by atoms with Crippen LogP contribution in [0.15, 0.2) is 0 Å². The third-order valence-corrected chi connectivity index (χ3v) is 4.25. The summed E-state index contributed by atoms with van der Waals surface area (Å²) in [7, 11) is 1.92. The summed E-state index contributed by atoms with van der Waals surface area (Å²) in [4.78, 5) is 2.95. The second-order valence-electron chi connectivity index (χ2n) is 5.62. The Labute approximate surface area is 126 Å². The van der Waals surface area contributed by atoms with Crippen LogP contribution in [-0.2, 0) is 7.05 Å². The van der Waals surface area contributed by atoms with Crippen LogP contribution in [-0.4, -0.2) is 45.3 Å². The molecule has 6 heteroatoms. The van der Waals surface area contributed by atoms with Crippen molar-refractivity contribution in [1.82, 2.24) is 14.7 Å². The lowest BCUT2D eigenvalue weighted by Gasteiger charge is -2.32. The molecule has 1 aliphatic rings. The first-order valence-electron chi connectivity index (χ1n) is 7.32. The standard InChI is InChI=1S/C14H25N5S/c1-10(19-7-5-4-6-8-19)9-16-14-12(13(15)20)11(2)17-18(14)3/h10,16H,4-9H2,1-3H3,(H2,15,20). The number of rotatable bonds is 5. The minimum Gasteiger partial charge on any atom is -0.389 e. The van der Waals surface area contributed by atoms with Crippen molar-refractivity contribution in [1.29, 1.82) is 0 Å². The summed E-state index contributed by atoms with van der Waals surface area (Å²) in [6.45, 7) is 7.50. The molecule has 0 aliphatic carbocycles. The van der Waals surface area contributed by atoms with E-state index in [-0.39, 0.29) is 0 Å². The molecule has 1 aromatic rings. The molecule has 1 saturated heterocycles. The monoisotopic (exact) mass is 295 g/mol. The highest BCUT2D eigenvalue weighted by molar-refractivity contribution is 7.80. The van der Waals surface area contributed by atoms with E-state index in [0.29, 0.717) is 11.0 Å². The molecule has 5 nitrogen and oxygen atoms in total. The van der Waals surface area contributed by atoms with E-state index in [4.69, 9.17) is 18.0 Å². The van der Waals surface area contributed by atoms with Crippen LogP contribution in [0.25, 0.3) is 0 Å². The molecule has 1 aliphatic heterocycles. The number of nitrogens with one attached hydrogen (secondary N) is 1. The summed E-state index contributed by atoms with van der Waals surface area (Å²) < 4.78 is 1.83. The minimum atomic E-state index is 0.406. The topological polar surface area (TPSA) is 59.1 Å². The largest absolute Gasteiger partial charge is 0.389 e. The fourth-order valence-corrected chi connectivity index (χ4v) is 3.13. The molecule has 1 aromatic heterocycles. The van der Waals surface area contributed by atoms with Gasteiger partial charge in [0.1, 0.15) is 10.8 Å². The molecular weight excluding hydrogens is 270 g/mol. The number of nitrogens with zero attached hydrogens (tertiary/aromatic N) is 3. The number of likely N-dealkylation sites (tertiary alicyclic amines) is 1. The highest BCUT2D eigenvalue weighted by atomic mass is 32.1. The Morgan fingerprint density at radius 3 is 2.65 bits per heavy atom. The first-order valence-corrected chi connectivity index (χ1v) is 7.73. The summed E-state index contributed by atoms with van der Waals surface area (Å²) >= 11 is 5.13. The van der Waals surface area contributed by atoms with Crippen molar-refractivity contribution in [2.24, 2.45) is 12.8 Å². The van der Waals surface area contributed by atoms with E-state index >= 15 is 0 Å². The zero-order valence-corrected chi connectivity index (χ0v) is 13.5. The van der Waals surface area contributed by atoms with Crippen LogP contribution in [0.4, 0.5) is 5.82 Å². The molecule has 0 amide bonds. The van der Waals surface area contributed by atoms with E-state index in [1.165, 1.54) is 32.4 Å². The Kier molecular flexibility index (Phi) is 4.99. The van der Waals surface area contributed by atoms with Crippen LogP contribution in [0, 0.1) is 6.92 Å². The Balaban J connectivity index is 2.01. The van der Waals surface area contributed by atoms with Crippen molar-refractivity contribution >= 4 is 23.0 Å². The van der Waals surface area contributed by atoms with Crippen LogP contribution in [0.2, 0.25) is 0 Å².